The maximum absolute atomic E-state index is 12.3. The number of furan rings is 1. The predicted molar refractivity (Wildman–Crippen MR) is 75.6 cm³/mol. The van der Waals surface area contributed by atoms with E-state index in [1.807, 2.05) is 24.3 Å². The molecule has 1 aromatic carbocycles. The van der Waals surface area contributed by atoms with Crippen LogP contribution in [0.1, 0.15) is 17.0 Å². The molecule has 2 heterocycles. The summed E-state index contributed by atoms with van der Waals surface area (Å²) >= 11 is 0. The number of aliphatic hydroxyl groups is 1. The predicted octanol–water partition coefficient (Wildman–Crippen LogP) is 1.23. The first kappa shape index (κ1) is 13.1. The second-order valence-electron chi connectivity index (χ2n) is 5.46. The van der Waals surface area contributed by atoms with Crippen molar-refractivity contribution in [2.45, 2.75) is 12.0 Å². The number of nitrogens with one attached hydrogen (secondary N) is 1. The Kier molecular flexibility index (Phi) is 3.23. The van der Waals surface area contributed by atoms with Crippen molar-refractivity contribution in [2.24, 2.45) is 0 Å². The van der Waals surface area contributed by atoms with Crippen molar-refractivity contribution in [3.63, 3.8) is 0 Å². The summed E-state index contributed by atoms with van der Waals surface area (Å²) in [5.74, 6) is 0.102. The fraction of sp³-hybridized carbons (Fsp3) is 0.400. The fourth-order valence-electron chi connectivity index (χ4n) is 2.65. The molecule has 5 nitrogen and oxygen atoms in total. The van der Waals surface area contributed by atoms with Gasteiger partial charge >= 0.3 is 0 Å². The van der Waals surface area contributed by atoms with Gasteiger partial charge in [-0.1, -0.05) is 18.2 Å². The quantitative estimate of drug-likeness (QED) is 0.883. The molecule has 2 aromatic rings. The molecular formula is C15H18N2O3. The fourth-order valence-corrected chi connectivity index (χ4v) is 2.65. The molecule has 0 saturated carbocycles. The van der Waals surface area contributed by atoms with Crippen LogP contribution in [0.15, 0.2) is 34.7 Å². The lowest BCUT2D eigenvalue weighted by Gasteiger charge is -2.27. The van der Waals surface area contributed by atoms with Crippen molar-refractivity contribution >= 4 is 16.9 Å². The van der Waals surface area contributed by atoms with Gasteiger partial charge in [0.2, 0.25) is 0 Å². The van der Waals surface area contributed by atoms with Crippen LogP contribution in [0.3, 0.4) is 0 Å². The zero-order chi connectivity index (χ0) is 14.2. The number of likely N-dealkylation sites (N-methyl/N-ethyl adjacent to an activating group) is 1. The van der Waals surface area contributed by atoms with E-state index in [4.69, 9.17) is 4.42 Å². The van der Waals surface area contributed by atoms with Gasteiger partial charge in [-0.3, -0.25) is 4.79 Å². The summed E-state index contributed by atoms with van der Waals surface area (Å²) in [5.41, 5.74) is -0.137. The molecule has 1 unspecified atom stereocenters. The Balaban J connectivity index is 1.77. The highest BCUT2D eigenvalue weighted by Crippen LogP contribution is 2.21. The second kappa shape index (κ2) is 4.92. The normalized spacial score (nSPS) is 22.3. The summed E-state index contributed by atoms with van der Waals surface area (Å²) in [7, 11) is 1.69. The highest BCUT2D eigenvalue weighted by Gasteiger charge is 2.34. The number of nitrogens with zero attached hydrogens (tertiary/aromatic N) is 1. The summed E-state index contributed by atoms with van der Waals surface area (Å²) in [6.07, 6.45) is 0.657. The number of carbonyl (C=O) groups excluding carboxylic acids is 1. The molecule has 0 radical (unpaired) electrons. The van der Waals surface area contributed by atoms with E-state index in [0.29, 0.717) is 30.9 Å². The van der Waals surface area contributed by atoms with Crippen LogP contribution in [-0.4, -0.2) is 48.2 Å². The van der Waals surface area contributed by atoms with Gasteiger partial charge in [0.15, 0.2) is 5.76 Å². The van der Waals surface area contributed by atoms with Crippen molar-refractivity contribution in [1.29, 1.82) is 0 Å². The van der Waals surface area contributed by atoms with Crippen molar-refractivity contribution in [3.05, 3.63) is 36.1 Å². The minimum absolute atomic E-state index is 0.207. The number of benzene rings is 1. The lowest BCUT2D eigenvalue weighted by molar-refractivity contribution is 0.0241. The van der Waals surface area contributed by atoms with E-state index in [2.05, 4.69) is 5.32 Å². The molecule has 1 atom stereocenters. The highest BCUT2D eigenvalue weighted by atomic mass is 16.3. The Morgan fingerprint density at radius 2 is 2.30 bits per heavy atom. The third-order valence-corrected chi connectivity index (χ3v) is 3.74. The maximum atomic E-state index is 12.3. The highest BCUT2D eigenvalue weighted by molar-refractivity contribution is 5.96. The van der Waals surface area contributed by atoms with Crippen LogP contribution in [0.25, 0.3) is 11.0 Å². The largest absolute Gasteiger partial charge is 0.451 e. The van der Waals surface area contributed by atoms with Gasteiger partial charge in [0.05, 0.1) is 12.1 Å². The molecular weight excluding hydrogens is 256 g/mol. The van der Waals surface area contributed by atoms with Gasteiger partial charge in [0.25, 0.3) is 5.91 Å². The summed E-state index contributed by atoms with van der Waals surface area (Å²) < 4.78 is 5.56. The molecule has 0 bridgehead atoms. The van der Waals surface area contributed by atoms with Gasteiger partial charge in [-0.05, 0) is 25.1 Å². The molecule has 106 valence electrons. The molecule has 20 heavy (non-hydrogen) atoms. The smallest absolute Gasteiger partial charge is 0.289 e. The minimum atomic E-state index is -0.837. The van der Waals surface area contributed by atoms with Crippen LogP contribution in [0.2, 0.25) is 0 Å². The van der Waals surface area contributed by atoms with Crippen molar-refractivity contribution in [2.75, 3.05) is 26.7 Å². The van der Waals surface area contributed by atoms with Gasteiger partial charge in [-0.15, -0.1) is 0 Å². The molecule has 0 spiro atoms. The molecule has 1 saturated heterocycles. The lowest BCUT2D eigenvalue weighted by atomic mass is 10.0. The van der Waals surface area contributed by atoms with Crippen LogP contribution in [-0.2, 0) is 0 Å². The van der Waals surface area contributed by atoms with E-state index >= 15 is 0 Å². The van der Waals surface area contributed by atoms with Crippen LogP contribution >= 0.6 is 0 Å². The molecule has 3 rings (SSSR count). The number of hydrogen-bond donors (Lipinski definition) is 2. The number of rotatable bonds is 3. The molecule has 1 fully saturated rings. The first-order valence-electron chi connectivity index (χ1n) is 6.75. The Labute approximate surface area is 117 Å². The van der Waals surface area contributed by atoms with Gasteiger partial charge in [-0.25, -0.2) is 0 Å². The van der Waals surface area contributed by atoms with E-state index in [0.717, 1.165) is 11.9 Å². The number of hydrogen-bond acceptors (Lipinski definition) is 4. The van der Waals surface area contributed by atoms with E-state index in [-0.39, 0.29) is 5.91 Å². The van der Waals surface area contributed by atoms with Crippen molar-refractivity contribution in [1.82, 2.24) is 10.2 Å². The molecule has 1 aliphatic heterocycles. The number of β-amino-alcohol motifs (C(OH)–C–C–N with tert-alkyl or cyclic N) is 1. The van der Waals surface area contributed by atoms with Crippen molar-refractivity contribution < 1.29 is 14.3 Å². The monoisotopic (exact) mass is 274 g/mol. The van der Waals surface area contributed by atoms with Gasteiger partial charge in [-0.2, -0.15) is 0 Å². The first-order valence-corrected chi connectivity index (χ1v) is 6.75. The van der Waals surface area contributed by atoms with Gasteiger partial charge in [0.1, 0.15) is 5.58 Å². The molecule has 5 heteroatoms. The summed E-state index contributed by atoms with van der Waals surface area (Å²) in [4.78, 5) is 13.9. The summed E-state index contributed by atoms with van der Waals surface area (Å²) in [6, 6.07) is 9.26. The van der Waals surface area contributed by atoms with E-state index in [9.17, 15) is 9.90 Å². The zero-order valence-electron chi connectivity index (χ0n) is 11.4. The Morgan fingerprint density at radius 1 is 1.50 bits per heavy atom. The van der Waals surface area contributed by atoms with Crippen molar-refractivity contribution in [3.8, 4) is 0 Å². The molecule has 1 aromatic heterocycles. The SMILES string of the molecule is CN(CC1(O)CCNC1)C(=O)c1cc2ccccc2o1. The third kappa shape index (κ3) is 2.42. The van der Waals surface area contributed by atoms with Gasteiger partial charge in [0, 0.05) is 19.0 Å². The average molecular weight is 274 g/mol. The average Bonchev–Trinajstić information content (AvgIpc) is 3.03. The lowest BCUT2D eigenvalue weighted by Crippen LogP contribution is -2.45. The maximum Gasteiger partial charge on any atom is 0.289 e. The van der Waals surface area contributed by atoms with Gasteiger partial charge < -0.3 is 19.7 Å². The zero-order valence-corrected chi connectivity index (χ0v) is 11.4. The molecule has 2 N–H and O–H groups in total. The topological polar surface area (TPSA) is 65.7 Å². The van der Waals surface area contributed by atoms with E-state index in [1.54, 1.807) is 13.1 Å². The van der Waals surface area contributed by atoms with Crippen LogP contribution < -0.4 is 5.32 Å². The molecule has 1 amide bonds. The third-order valence-electron chi connectivity index (χ3n) is 3.74. The van der Waals surface area contributed by atoms with Crippen LogP contribution in [0.5, 0.6) is 0 Å². The Hall–Kier alpha value is -1.85. The van der Waals surface area contributed by atoms with E-state index in [1.165, 1.54) is 4.90 Å². The number of fused-ring (bicyclic) bond motifs is 1. The standard InChI is InChI=1S/C15H18N2O3/c1-17(10-15(19)6-7-16-9-15)14(18)13-8-11-4-2-3-5-12(11)20-13/h2-5,8,16,19H,6-7,9-10H2,1H3. The number of amides is 1. The molecule has 0 aliphatic carbocycles. The number of para-hydroxylation sites is 1. The summed E-state index contributed by atoms with van der Waals surface area (Å²) in [6.45, 7) is 1.60. The van der Waals surface area contributed by atoms with Crippen LogP contribution in [0, 0.1) is 0 Å². The minimum Gasteiger partial charge on any atom is -0.451 e. The van der Waals surface area contributed by atoms with E-state index < -0.39 is 5.60 Å². The molecule has 1 aliphatic rings. The second-order valence-corrected chi connectivity index (χ2v) is 5.46. The Morgan fingerprint density at radius 3 is 3.00 bits per heavy atom. The van der Waals surface area contributed by atoms with Crippen LogP contribution in [0.4, 0.5) is 0 Å². The Bertz CT molecular complexity index is 596. The summed E-state index contributed by atoms with van der Waals surface area (Å²) in [5, 5.41) is 14.3. The first-order chi connectivity index (χ1) is 9.57. The number of carbonyl (C=O) groups is 1.